The minimum atomic E-state index is -0.679. The van der Waals surface area contributed by atoms with Crippen LogP contribution < -0.4 is 10.1 Å². The molecule has 11 heteroatoms. The second kappa shape index (κ2) is 11.0. The quantitative estimate of drug-likeness (QED) is 0.314. The summed E-state index contributed by atoms with van der Waals surface area (Å²) in [6.45, 7) is 7.20. The van der Waals surface area contributed by atoms with E-state index in [0.29, 0.717) is 53.6 Å². The van der Waals surface area contributed by atoms with E-state index in [1.54, 1.807) is 33.8 Å². The number of aromatic nitrogens is 3. The van der Waals surface area contributed by atoms with Crippen LogP contribution in [0.15, 0.2) is 48.8 Å². The Balaban J connectivity index is 1.49. The van der Waals surface area contributed by atoms with Gasteiger partial charge in [-0.3, -0.25) is 4.40 Å². The number of anilines is 1. The largest absolute Gasteiger partial charge is 0.494 e. The smallest absolute Gasteiger partial charge is 0.410 e. The van der Waals surface area contributed by atoms with Gasteiger partial charge in [-0.2, -0.15) is 5.26 Å². The van der Waals surface area contributed by atoms with Crippen LogP contribution in [0.1, 0.15) is 32.8 Å². The molecule has 3 heterocycles. The van der Waals surface area contributed by atoms with Crippen LogP contribution >= 0.6 is 0 Å². The van der Waals surface area contributed by atoms with E-state index in [1.165, 1.54) is 31.4 Å². The predicted octanol–water partition coefficient (Wildman–Crippen LogP) is 5.89. The van der Waals surface area contributed by atoms with E-state index >= 15 is 0 Å². The summed E-state index contributed by atoms with van der Waals surface area (Å²) >= 11 is 0. The molecule has 1 aliphatic rings. The molecule has 9 nitrogen and oxygen atoms in total. The van der Waals surface area contributed by atoms with E-state index in [4.69, 9.17) is 14.5 Å². The Morgan fingerprint density at radius 2 is 1.93 bits per heavy atom. The van der Waals surface area contributed by atoms with Crippen molar-refractivity contribution in [2.24, 2.45) is 5.92 Å². The zero-order valence-corrected chi connectivity index (χ0v) is 23.2. The molecule has 4 aromatic rings. The SMILES string of the molecule is COc1ccc(-c2c(-c3ccc(C#N)c(F)c3)nc3c(NCC4CCN(C(=O)OC(C)(C)C)C4)nccn23)cc1F. The summed E-state index contributed by atoms with van der Waals surface area (Å²) in [5.41, 5.74) is 1.64. The van der Waals surface area contributed by atoms with Crippen molar-refractivity contribution < 1.29 is 23.0 Å². The summed E-state index contributed by atoms with van der Waals surface area (Å²) in [6.07, 6.45) is 3.78. The first kappa shape index (κ1) is 27.8. The normalized spacial score (nSPS) is 15.1. The number of nitriles is 1. The van der Waals surface area contributed by atoms with Gasteiger partial charge in [-0.25, -0.2) is 23.5 Å². The van der Waals surface area contributed by atoms with Gasteiger partial charge in [0.05, 0.1) is 24.1 Å². The van der Waals surface area contributed by atoms with Crippen LogP contribution in [-0.4, -0.2) is 57.7 Å². The van der Waals surface area contributed by atoms with Gasteiger partial charge in [-0.1, -0.05) is 6.07 Å². The number of likely N-dealkylation sites (tertiary alicyclic amines) is 1. The lowest BCUT2D eigenvalue weighted by atomic mass is 10.0. The molecule has 1 saturated heterocycles. The van der Waals surface area contributed by atoms with Gasteiger partial charge in [-0.05, 0) is 63.4 Å². The van der Waals surface area contributed by atoms with Crippen LogP contribution in [0.2, 0.25) is 0 Å². The highest BCUT2D eigenvalue weighted by molar-refractivity contribution is 5.85. The maximum atomic E-state index is 14.8. The van der Waals surface area contributed by atoms with Crippen molar-refractivity contribution in [2.45, 2.75) is 32.8 Å². The number of hydrogen-bond donors (Lipinski definition) is 1. The van der Waals surface area contributed by atoms with Gasteiger partial charge in [-0.15, -0.1) is 0 Å². The van der Waals surface area contributed by atoms with E-state index in [-0.39, 0.29) is 23.3 Å². The average molecular weight is 561 g/mol. The number of fused-ring (bicyclic) bond motifs is 1. The van der Waals surface area contributed by atoms with E-state index in [1.807, 2.05) is 26.8 Å². The van der Waals surface area contributed by atoms with E-state index in [2.05, 4.69) is 10.3 Å². The first-order valence-corrected chi connectivity index (χ1v) is 13.2. The Labute approximate surface area is 236 Å². The number of nitrogens with one attached hydrogen (secondary N) is 1. The lowest BCUT2D eigenvalue weighted by Crippen LogP contribution is -2.35. The summed E-state index contributed by atoms with van der Waals surface area (Å²) in [4.78, 5) is 23.5. The molecule has 2 aromatic carbocycles. The molecule has 212 valence electrons. The average Bonchev–Trinajstić information content (AvgIpc) is 3.56. The van der Waals surface area contributed by atoms with Crippen LogP contribution in [0.3, 0.4) is 0 Å². The molecular weight excluding hydrogens is 530 g/mol. The van der Waals surface area contributed by atoms with Gasteiger partial charge >= 0.3 is 6.09 Å². The highest BCUT2D eigenvalue weighted by Gasteiger charge is 2.30. The molecule has 2 aromatic heterocycles. The van der Waals surface area contributed by atoms with Crippen LogP contribution in [0, 0.1) is 28.9 Å². The third-order valence-corrected chi connectivity index (χ3v) is 6.83. The number of ether oxygens (including phenoxy) is 2. The van der Waals surface area contributed by atoms with Gasteiger partial charge < -0.3 is 19.7 Å². The molecule has 1 fully saturated rings. The van der Waals surface area contributed by atoms with Crippen molar-refractivity contribution in [2.75, 3.05) is 32.1 Å². The summed E-state index contributed by atoms with van der Waals surface area (Å²) in [6, 6.07) is 10.6. The molecule has 0 bridgehead atoms. The number of carbonyl (C=O) groups excluding carboxylic acids is 1. The second-order valence-corrected chi connectivity index (χ2v) is 10.9. The van der Waals surface area contributed by atoms with E-state index in [0.717, 1.165) is 6.42 Å². The number of benzene rings is 2. The van der Waals surface area contributed by atoms with Crippen LogP contribution in [0.4, 0.5) is 19.4 Å². The van der Waals surface area contributed by atoms with E-state index in [9.17, 15) is 18.8 Å². The third kappa shape index (κ3) is 5.77. The number of halogens is 2. The number of carbonyl (C=O) groups is 1. The molecule has 5 rings (SSSR count). The molecule has 0 spiro atoms. The minimum Gasteiger partial charge on any atom is -0.494 e. The summed E-state index contributed by atoms with van der Waals surface area (Å²) < 4.78 is 41.8. The highest BCUT2D eigenvalue weighted by atomic mass is 19.1. The summed E-state index contributed by atoms with van der Waals surface area (Å²) in [5, 5.41) is 12.5. The first-order chi connectivity index (χ1) is 19.6. The lowest BCUT2D eigenvalue weighted by Gasteiger charge is -2.24. The Morgan fingerprint density at radius 1 is 1.17 bits per heavy atom. The number of hydrogen-bond acceptors (Lipinski definition) is 7. The molecular formula is C30H30F2N6O3. The van der Waals surface area contributed by atoms with Gasteiger partial charge in [0.15, 0.2) is 23.0 Å². The van der Waals surface area contributed by atoms with Crippen molar-refractivity contribution in [3.8, 4) is 34.3 Å². The zero-order chi connectivity index (χ0) is 29.3. The van der Waals surface area contributed by atoms with Gasteiger partial charge in [0.25, 0.3) is 0 Å². The molecule has 1 aliphatic heterocycles. The fourth-order valence-electron chi connectivity index (χ4n) is 4.88. The topological polar surface area (TPSA) is 105 Å². The van der Waals surface area contributed by atoms with Crippen molar-refractivity contribution in [3.05, 3.63) is 66.0 Å². The molecule has 0 radical (unpaired) electrons. The Bertz CT molecular complexity index is 1660. The maximum absolute atomic E-state index is 14.8. The molecule has 0 aliphatic carbocycles. The Morgan fingerprint density at radius 3 is 2.61 bits per heavy atom. The van der Waals surface area contributed by atoms with Crippen molar-refractivity contribution in [1.82, 2.24) is 19.3 Å². The fraction of sp³-hybridized carbons (Fsp3) is 0.333. The highest BCUT2D eigenvalue weighted by Crippen LogP contribution is 2.36. The zero-order valence-electron chi connectivity index (χ0n) is 23.2. The number of imidazole rings is 1. The summed E-state index contributed by atoms with van der Waals surface area (Å²) in [5.74, 6) is -0.489. The second-order valence-electron chi connectivity index (χ2n) is 10.9. The number of amides is 1. The van der Waals surface area contributed by atoms with Gasteiger partial charge in [0.2, 0.25) is 0 Å². The van der Waals surface area contributed by atoms with Crippen molar-refractivity contribution >= 4 is 17.6 Å². The van der Waals surface area contributed by atoms with E-state index < -0.39 is 17.2 Å². The summed E-state index contributed by atoms with van der Waals surface area (Å²) in [7, 11) is 1.39. The van der Waals surface area contributed by atoms with Gasteiger partial charge in [0, 0.05) is 43.2 Å². The van der Waals surface area contributed by atoms with Crippen molar-refractivity contribution in [3.63, 3.8) is 0 Å². The van der Waals surface area contributed by atoms with Gasteiger partial charge in [0.1, 0.15) is 17.5 Å². The number of nitrogens with zero attached hydrogens (tertiary/aromatic N) is 5. The minimum absolute atomic E-state index is 0.0874. The number of rotatable bonds is 6. The molecule has 0 saturated carbocycles. The van der Waals surface area contributed by atoms with Crippen LogP contribution in [-0.2, 0) is 4.74 Å². The first-order valence-electron chi connectivity index (χ1n) is 13.2. The molecule has 41 heavy (non-hydrogen) atoms. The standard InChI is InChI=1S/C30H30F2N6O3/c1-30(2,3)41-29(39)37-11-9-18(17-37)16-35-27-28-36-25(19-5-6-21(15-33)22(31)13-19)26(38(28)12-10-34-27)20-7-8-24(40-4)23(32)14-20/h5-8,10,12-14,18H,9,11,16-17H2,1-4H3,(H,34,35). The van der Waals surface area contributed by atoms with Crippen molar-refractivity contribution in [1.29, 1.82) is 5.26 Å². The molecule has 1 atom stereocenters. The number of methoxy groups -OCH3 is 1. The Hall–Kier alpha value is -4.72. The molecule has 1 amide bonds. The third-order valence-electron chi connectivity index (χ3n) is 6.83. The fourth-order valence-corrected chi connectivity index (χ4v) is 4.88. The molecule has 1 unspecified atom stereocenters. The predicted molar refractivity (Wildman–Crippen MR) is 149 cm³/mol. The van der Waals surface area contributed by atoms with Crippen LogP contribution in [0.5, 0.6) is 5.75 Å². The lowest BCUT2D eigenvalue weighted by molar-refractivity contribution is 0.0289. The van der Waals surface area contributed by atoms with Crippen LogP contribution in [0.25, 0.3) is 28.2 Å². The monoisotopic (exact) mass is 560 g/mol. The molecule has 1 N–H and O–H groups in total. The Kier molecular flexibility index (Phi) is 7.49. The maximum Gasteiger partial charge on any atom is 0.410 e.